The standard InChI is InChI=1S/C12H22O2/c1-4-14-12(13)10-8-6-5-7-9-11(2)3/h4,11H,1,5-10H2,2-3H3. The number of unbranched alkanes of at least 4 members (excludes halogenated alkanes) is 3. The highest BCUT2D eigenvalue weighted by atomic mass is 16.5. The summed E-state index contributed by atoms with van der Waals surface area (Å²) in [5, 5.41) is 0. The molecule has 0 aliphatic rings. The Morgan fingerprint density at radius 2 is 1.93 bits per heavy atom. The molecular formula is C12H22O2. The van der Waals surface area contributed by atoms with E-state index in [4.69, 9.17) is 0 Å². The van der Waals surface area contributed by atoms with E-state index in [0.29, 0.717) is 6.42 Å². The van der Waals surface area contributed by atoms with E-state index >= 15 is 0 Å². The summed E-state index contributed by atoms with van der Waals surface area (Å²) in [5.41, 5.74) is 0. The van der Waals surface area contributed by atoms with Crippen LogP contribution in [0.15, 0.2) is 12.8 Å². The summed E-state index contributed by atoms with van der Waals surface area (Å²) in [5.74, 6) is 0.629. The van der Waals surface area contributed by atoms with Gasteiger partial charge in [-0.25, -0.2) is 0 Å². The van der Waals surface area contributed by atoms with Crippen LogP contribution in [0, 0.1) is 5.92 Å². The first kappa shape index (κ1) is 13.2. The normalized spacial score (nSPS) is 10.2. The fraction of sp³-hybridized carbons (Fsp3) is 0.750. The molecule has 0 N–H and O–H groups in total. The summed E-state index contributed by atoms with van der Waals surface area (Å²) < 4.78 is 4.61. The Bertz CT molecular complexity index is 162. The lowest BCUT2D eigenvalue weighted by atomic mass is 10.0. The molecule has 0 radical (unpaired) electrons. The van der Waals surface area contributed by atoms with Crippen molar-refractivity contribution >= 4 is 5.97 Å². The minimum Gasteiger partial charge on any atom is -0.435 e. The van der Waals surface area contributed by atoms with E-state index in [9.17, 15) is 4.79 Å². The topological polar surface area (TPSA) is 26.3 Å². The van der Waals surface area contributed by atoms with Crippen molar-refractivity contribution in [1.29, 1.82) is 0 Å². The van der Waals surface area contributed by atoms with Gasteiger partial charge in [-0.1, -0.05) is 46.1 Å². The van der Waals surface area contributed by atoms with Gasteiger partial charge in [0, 0.05) is 6.42 Å². The Balaban J connectivity index is 3.13. The van der Waals surface area contributed by atoms with E-state index in [1.807, 2.05) is 0 Å². The smallest absolute Gasteiger partial charge is 0.310 e. The average molecular weight is 198 g/mol. The van der Waals surface area contributed by atoms with Gasteiger partial charge >= 0.3 is 5.97 Å². The van der Waals surface area contributed by atoms with Crippen molar-refractivity contribution in [2.75, 3.05) is 0 Å². The molecule has 2 heteroatoms. The zero-order valence-electron chi connectivity index (χ0n) is 9.42. The van der Waals surface area contributed by atoms with Gasteiger partial charge in [-0.3, -0.25) is 4.79 Å². The lowest BCUT2D eigenvalue weighted by Crippen LogP contribution is -1.98. The number of hydrogen-bond acceptors (Lipinski definition) is 2. The van der Waals surface area contributed by atoms with E-state index in [0.717, 1.165) is 18.8 Å². The van der Waals surface area contributed by atoms with Crippen molar-refractivity contribution in [3.63, 3.8) is 0 Å². The Labute approximate surface area is 87.3 Å². The number of carbonyl (C=O) groups is 1. The van der Waals surface area contributed by atoms with E-state index in [2.05, 4.69) is 25.2 Å². The largest absolute Gasteiger partial charge is 0.435 e. The zero-order valence-corrected chi connectivity index (χ0v) is 9.42. The van der Waals surface area contributed by atoms with Gasteiger partial charge in [0.25, 0.3) is 0 Å². The highest BCUT2D eigenvalue weighted by Crippen LogP contribution is 2.10. The monoisotopic (exact) mass is 198 g/mol. The summed E-state index contributed by atoms with van der Waals surface area (Å²) >= 11 is 0. The van der Waals surface area contributed by atoms with Crippen LogP contribution in [0.4, 0.5) is 0 Å². The molecule has 0 aromatic heterocycles. The molecule has 0 aromatic rings. The second kappa shape index (κ2) is 8.79. The van der Waals surface area contributed by atoms with Crippen LogP contribution >= 0.6 is 0 Å². The van der Waals surface area contributed by atoms with Crippen LogP contribution in [-0.4, -0.2) is 5.97 Å². The molecule has 0 spiro atoms. The van der Waals surface area contributed by atoms with Crippen LogP contribution in [0.1, 0.15) is 52.4 Å². The van der Waals surface area contributed by atoms with E-state index in [1.54, 1.807) is 0 Å². The summed E-state index contributed by atoms with van der Waals surface area (Å²) in [6.07, 6.45) is 7.56. The van der Waals surface area contributed by atoms with E-state index < -0.39 is 0 Å². The molecule has 0 rings (SSSR count). The van der Waals surface area contributed by atoms with Crippen LogP contribution in [0.5, 0.6) is 0 Å². The number of ether oxygens (including phenoxy) is 1. The fourth-order valence-electron chi connectivity index (χ4n) is 1.33. The Hall–Kier alpha value is -0.790. The minimum absolute atomic E-state index is 0.163. The first-order chi connectivity index (χ1) is 6.66. The van der Waals surface area contributed by atoms with E-state index in [1.165, 1.54) is 25.5 Å². The lowest BCUT2D eigenvalue weighted by molar-refractivity contribution is -0.138. The van der Waals surface area contributed by atoms with Gasteiger partial charge in [-0.2, -0.15) is 0 Å². The third-order valence-electron chi connectivity index (χ3n) is 2.13. The minimum atomic E-state index is -0.163. The molecule has 0 aliphatic carbocycles. The molecular weight excluding hydrogens is 176 g/mol. The third kappa shape index (κ3) is 9.30. The molecule has 0 saturated heterocycles. The highest BCUT2D eigenvalue weighted by molar-refractivity contribution is 5.69. The lowest BCUT2D eigenvalue weighted by Gasteiger charge is -2.03. The third-order valence-corrected chi connectivity index (χ3v) is 2.13. The predicted molar refractivity (Wildman–Crippen MR) is 58.8 cm³/mol. The quantitative estimate of drug-likeness (QED) is 0.338. The van der Waals surface area contributed by atoms with Gasteiger partial charge in [0.2, 0.25) is 0 Å². The van der Waals surface area contributed by atoms with Gasteiger partial charge in [-0.15, -0.1) is 0 Å². The maximum atomic E-state index is 10.9. The van der Waals surface area contributed by atoms with Crippen LogP contribution in [0.25, 0.3) is 0 Å². The van der Waals surface area contributed by atoms with Crippen molar-refractivity contribution in [2.45, 2.75) is 52.4 Å². The van der Waals surface area contributed by atoms with Crippen molar-refractivity contribution in [2.24, 2.45) is 5.92 Å². The SMILES string of the molecule is C=COC(=O)CCCCCCC(C)C. The molecule has 82 valence electrons. The van der Waals surface area contributed by atoms with Crippen molar-refractivity contribution in [3.8, 4) is 0 Å². The molecule has 0 unspecified atom stereocenters. The van der Waals surface area contributed by atoms with Crippen LogP contribution in [0.2, 0.25) is 0 Å². The first-order valence-corrected chi connectivity index (χ1v) is 5.47. The Morgan fingerprint density at radius 3 is 2.50 bits per heavy atom. The summed E-state index contributed by atoms with van der Waals surface area (Å²) in [4.78, 5) is 10.9. The summed E-state index contributed by atoms with van der Waals surface area (Å²) in [6.45, 7) is 7.81. The molecule has 0 bridgehead atoms. The number of carbonyl (C=O) groups excluding carboxylic acids is 1. The molecule has 0 aliphatic heterocycles. The van der Waals surface area contributed by atoms with Gasteiger partial charge < -0.3 is 4.74 Å². The van der Waals surface area contributed by atoms with Gasteiger partial charge in [0.15, 0.2) is 0 Å². The average Bonchev–Trinajstić information content (AvgIpc) is 2.11. The molecule has 0 atom stereocenters. The highest BCUT2D eigenvalue weighted by Gasteiger charge is 2.00. The number of hydrogen-bond donors (Lipinski definition) is 0. The van der Waals surface area contributed by atoms with Crippen molar-refractivity contribution < 1.29 is 9.53 Å². The van der Waals surface area contributed by atoms with Crippen LogP contribution < -0.4 is 0 Å². The Morgan fingerprint density at radius 1 is 1.29 bits per heavy atom. The molecule has 0 fully saturated rings. The van der Waals surface area contributed by atoms with Gasteiger partial charge in [0.1, 0.15) is 0 Å². The van der Waals surface area contributed by atoms with Crippen LogP contribution in [-0.2, 0) is 9.53 Å². The van der Waals surface area contributed by atoms with Crippen molar-refractivity contribution in [1.82, 2.24) is 0 Å². The maximum Gasteiger partial charge on any atom is 0.310 e. The second-order valence-electron chi connectivity index (χ2n) is 4.00. The molecule has 0 saturated carbocycles. The molecule has 14 heavy (non-hydrogen) atoms. The molecule has 0 heterocycles. The van der Waals surface area contributed by atoms with Gasteiger partial charge in [0.05, 0.1) is 6.26 Å². The molecule has 0 amide bonds. The fourth-order valence-corrected chi connectivity index (χ4v) is 1.33. The summed E-state index contributed by atoms with van der Waals surface area (Å²) in [6, 6.07) is 0. The van der Waals surface area contributed by atoms with E-state index in [-0.39, 0.29) is 5.97 Å². The second-order valence-corrected chi connectivity index (χ2v) is 4.00. The number of esters is 1. The molecule has 2 nitrogen and oxygen atoms in total. The van der Waals surface area contributed by atoms with Gasteiger partial charge in [-0.05, 0) is 12.3 Å². The molecule has 0 aromatic carbocycles. The summed E-state index contributed by atoms with van der Waals surface area (Å²) in [7, 11) is 0. The zero-order chi connectivity index (χ0) is 10.8. The number of rotatable bonds is 8. The Kier molecular flexibility index (Phi) is 8.30. The van der Waals surface area contributed by atoms with Crippen LogP contribution in [0.3, 0.4) is 0 Å². The van der Waals surface area contributed by atoms with Crippen molar-refractivity contribution in [3.05, 3.63) is 12.8 Å². The predicted octanol–water partition coefficient (Wildman–Crippen LogP) is 3.67. The first-order valence-electron chi connectivity index (χ1n) is 5.47. The maximum absolute atomic E-state index is 10.9.